The molecule has 1 unspecified atom stereocenters. The van der Waals surface area contributed by atoms with E-state index < -0.39 is 6.30 Å². The Labute approximate surface area is 56.8 Å². The van der Waals surface area contributed by atoms with Gasteiger partial charge in [0.1, 0.15) is 0 Å². The van der Waals surface area contributed by atoms with Gasteiger partial charge < -0.3 is 5.73 Å². The highest BCUT2D eigenvalue weighted by Gasteiger charge is 2.40. The summed E-state index contributed by atoms with van der Waals surface area (Å²) in [5.74, 6) is 0. The van der Waals surface area contributed by atoms with E-state index in [1.807, 2.05) is 0 Å². The van der Waals surface area contributed by atoms with Crippen LogP contribution in [0.4, 0.5) is 13.2 Å². The zero-order valence-corrected chi connectivity index (χ0v) is 5.36. The van der Waals surface area contributed by atoms with E-state index in [4.69, 9.17) is 5.73 Å². The highest BCUT2D eigenvalue weighted by atomic mass is 19.4. The first-order chi connectivity index (χ1) is 4.50. The number of hydrogen-bond donors (Lipinski definition) is 1. The fourth-order valence-electron chi connectivity index (χ4n) is 1.02. The Hall–Kier alpha value is -0.290. The molecule has 0 amide bonds. The summed E-state index contributed by atoms with van der Waals surface area (Å²) in [5, 5.41) is 0. The third kappa shape index (κ3) is 1.60. The summed E-state index contributed by atoms with van der Waals surface area (Å²) in [6.07, 6.45) is -3.74. The van der Waals surface area contributed by atoms with Crippen molar-refractivity contribution in [3.8, 4) is 0 Å². The lowest BCUT2D eigenvalue weighted by atomic mass is 10.3. The van der Waals surface area contributed by atoms with Crippen LogP contribution in [0.2, 0.25) is 0 Å². The molecule has 0 aromatic carbocycles. The van der Waals surface area contributed by atoms with Gasteiger partial charge in [-0.25, -0.2) is 4.90 Å². The first-order valence-corrected chi connectivity index (χ1v) is 3.07. The second kappa shape index (κ2) is 2.39. The van der Waals surface area contributed by atoms with E-state index in [-0.39, 0.29) is 19.1 Å². The van der Waals surface area contributed by atoms with Crippen LogP contribution in [0, 0.1) is 0 Å². The predicted octanol–water partition coefficient (Wildman–Crippen LogP) is 0.539. The van der Waals surface area contributed by atoms with Gasteiger partial charge in [-0.3, -0.25) is 0 Å². The zero-order valence-electron chi connectivity index (χ0n) is 5.36. The lowest BCUT2D eigenvalue weighted by Gasteiger charge is -2.17. The largest absolute Gasteiger partial charge is 0.459 e. The Morgan fingerprint density at radius 3 is 2.20 bits per heavy atom. The molecule has 0 aliphatic carbocycles. The average molecular weight is 154 g/mol. The quantitative estimate of drug-likeness (QED) is 0.516. The molecule has 0 bridgehead atoms. The van der Waals surface area contributed by atoms with Gasteiger partial charge in [0.2, 0.25) is 0 Å². The Balaban J connectivity index is 2.45. The molecule has 10 heavy (non-hydrogen) atoms. The number of hydrogen-bond acceptors (Lipinski definition) is 2. The van der Waals surface area contributed by atoms with E-state index in [0.717, 1.165) is 0 Å². The third-order valence-corrected chi connectivity index (χ3v) is 1.58. The molecular weight excluding hydrogens is 145 g/mol. The molecule has 60 valence electrons. The molecule has 1 heterocycles. The Bertz CT molecular complexity index is 123. The van der Waals surface area contributed by atoms with Gasteiger partial charge in [0.25, 0.3) is 0 Å². The molecule has 0 aromatic heterocycles. The lowest BCUT2D eigenvalue weighted by molar-refractivity contribution is -0.238. The van der Waals surface area contributed by atoms with Crippen LogP contribution in [-0.4, -0.2) is 30.3 Å². The van der Waals surface area contributed by atoms with Gasteiger partial charge in [0.15, 0.2) is 0 Å². The van der Waals surface area contributed by atoms with Crippen molar-refractivity contribution in [3.63, 3.8) is 0 Å². The summed E-state index contributed by atoms with van der Waals surface area (Å²) in [6, 6.07) is -0.304. The molecule has 5 heteroatoms. The maximum absolute atomic E-state index is 11.8. The molecule has 0 radical (unpaired) electrons. The highest BCUT2D eigenvalue weighted by Crippen LogP contribution is 2.24. The van der Waals surface area contributed by atoms with Crippen molar-refractivity contribution < 1.29 is 13.2 Å². The SMILES string of the molecule is NC1CCN(C(F)(F)F)C1. The molecule has 1 aliphatic heterocycles. The van der Waals surface area contributed by atoms with Crippen molar-refractivity contribution in [2.75, 3.05) is 13.1 Å². The van der Waals surface area contributed by atoms with Gasteiger partial charge in [-0.1, -0.05) is 0 Å². The minimum atomic E-state index is -4.19. The van der Waals surface area contributed by atoms with E-state index in [1.54, 1.807) is 0 Å². The molecule has 1 rings (SSSR count). The first-order valence-electron chi connectivity index (χ1n) is 3.07. The van der Waals surface area contributed by atoms with Crippen LogP contribution < -0.4 is 5.73 Å². The summed E-state index contributed by atoms with van der Waals surface area (Å²) in [4.78, 5) is 0.442. The summed E-state index contributed by atoms with van der Waals surface area (Å²) >= 11 is 0. The Morgan fingerprint density at radius 2 is 2.00 bits per heavy atom. The van der Waals surface area contributed by atoms with Gasteiger partial charge in [0, 0.05) is 19.1 Å². The van der Waals surface area contributed by atoms with Crippen LogP contribution in [0.3, 0.4) is 0 Å². The summed E-state index contributed by atoms with van der Waals surface area (Å²) in [7, 11) is 0. The van der Waals surface area contributed by atoms with E-state index in [1.165, 1.54) is 0 Å². The Kier molecular flexibility index (Phi) is 1.87. The van der Waals surface area contributed by atoms with E-state index in [9.17, 15) is 13.2 Å². The second-order valence-electron chi connectivity index (χ2n) is 2.46. The number of alkyl halides is 3. The van der Waals surface area contributed by atoms with Crippen molar-refractivity contribution in [1.82, 2.24) is 4.90 Å². The molecule has 0 spiro atoms. The van der Waals surface area contributed by atoms with Gasteiger partial charge >= 0.3 is 6.30 Å². The fourth-order valence-corrected chi connectivity index (χ4v) is 1.02. The van der Waals surface area contributed by atoms with Gasteiger partial charge in [-0.15, -0.1) is 0 Å². The van der Waals surface area contributed by atoms with Crippen molar-refractivity contribution in [1.29, 1.82) is 0 Å². The van der Waals surface area contributed by atoms with Crippen LogP contribution in [0.1, 0.15) is 6.42 Å². The van der Waals surface area contributed by atoms with Crippen LogP contribution in [0.25, 0.3) is 0 Å². The van der Waals surface area contributed by atoms with E-state index >= 15 is 0 Å². The standard InChI is InChI=1S/C5H9F3N2/c6-5(7,8)10-2-1-4(9)3-10/h4H,1-3,9H2. The van der Waals surface area contributed by atoms with Crippen molar-refractivity contribution in [3.05, 3.63) is 0 Å². The van der Waals surface area contributed by atoms with Crippen molar-refractivity contribution in [2.24, 2.45) is 5.73 Å². The van der Waals surface area contributed by atoms with Crippen LogP contribution in [-0.2, 0) is 0 Å². The van der Waals surface area contributed by atoms with Gasteiger partial charge in [-0.2, -0.15) is 13.2 Å². The second-order valence-corrected chi connectivity index (χ2v) is 2.46. The zero-order chi connectivity index (χ0) is 7.78. The normalized spacial score (nSPS) is 29.4. The number of halogens is 3. The molecule has 1 atom stereocenters. The van der Waals surface area contributed by atoms with Crippen LogP contribution in [0.5, 0.6) is 0 Å². The van der Waals surface area contributed by atoms with Crippen molar-refractivity contribution >= 4 is 0 Å². The molecule has 1 saturated heterocycles. The molecule has 1 fully saturated rings. The third-order valence-electron chi connectivity index (χ3n) is 1.58. The van der Waals surface area contributed by atoms with Crippen molar-refractivity contribution in [2.45, 2.75) is 18.8 Å². The van der Waals surface area contributed by atoms with Gasteiger partial charge in [-0.05, 0) is 6.42 Å². The molecule has 2 nitrogen and oxygen atoms in total. The summed E-state index contributed by atoms with van der Waals surface area (Å²) in [5.41, 5.74) is 5.28. The van der Waals surface area contributed by atoms with E-state index in [0.29, 0.717) is 11.3 Å². The monoisotopic (exact) mass is 154 g/mol. The van der Waals surface area contributed by atoms with Crippen LogP contribution >= 0.6 is 0 Å². The number of nitrogens with two attached hydrogens (primary N) is 1. The fraction of sp³-hybridized carbons (Fsp3) is 1.00. The minimum Gasteiger partial charge on any atom is -0.326 e. The maximum atomic E-state index is 11.8. The topological polar surface area (TPSA) is 29.3 Å². The average Bonchev–Trinajstić information content (AvgIpc) is 2.11. The number of rotatable bonds is 0. The molecule has 1 aliphatic rings. The minimum absolute atomic E-state index is 0.0463. The van der Waals surface area contributed by atoms with E-state index in [2.05, 4.69) is 0 Å². The first kappa shape index (κ1) is 7.81. The Morgan fingerprint density at radius 1 is 1.40 bits per heavy atom. The molecule has 0 saturated carbocycles. The molecular formula is C5H9F3N2. The number of likely N-dealkylation sites (tertiary alicyclic amines) is 1. The molecule has 2 N–H and O–H groups in total. The lowest BCUT2D eigenvalue weighted by Crippen LogP contribution is -2.37. The van der Waals surface area contributed by atoms with Crippen LogP contribution in [0.15, 0.2) is 0 Å². The van der Waals surface area contributed by atoms with Gasteiger partial charge in [0.05, 0.1) is 0 Å². The summed E-state index contributed by atoms with van der Waals surface area (Å²) < 4.78 is 35.4. The highest BCUT2D eigenvalue weighted by molar-refractivity contribution is 4.78. The maximum Gasteiger partial charge on any atom is 0.459 e. The predicted molar refractivity (Wildman–Crippen MR) is 30.2 cm³/mol. The smallest absolute Gasteiger partial charge is 0.326 e. The summed E-state index contributed by atoms with van der Waals surface area (Å²) in [6.45, 7) is -0.00579. The molecule has 0 aromatic rings. The number of nitrogens with zero attached hydrogens (tertiary/aromatic N) is 1.